The maximum Gasteiger partial charge on any atom is 0.244 e. The van der Waals surface area contributed by atoms with Crippen LogP contribution in [-0.2, 0) is 17.8 Å². The van der Waals surface area contributed by atoms with Crippen LogP contribution in [0.2, 0.25) is 0 Å². The first-order valence-electron chi connectivity index (χ1n) is 11.1. The highest BCUT2D eigenvalue weighted by Crippen LogP contribution is 2.37. The van der Waals surface area contributed by atoms with Crippen molar-refractivity contribution in [2.24, 2.45) is 5.10 Å². The van der Waals surface area contributed by atoms with Crippen molar-refractivity contribution >= 4 is 38.8 Å². The third-order valence-electron chi connectivity index (χ3n) is 5.21. The van der Waals surface area contributed by atoms with Gasteiger partial charge in [-0.1, -0.05) is 48.5 Å². The van der Waals surface area contributed by atoms with E-state index >= 15 is 0 Å². The highest BCUT2D eigenvalue weighted by atomic mass is 79.9. The van der Waals surface area contributed by atoms with E-state index in [4.69, 9.17) is 9.47 Å². The molecule has 0 radical (unpaired) electrons. The SMILES string of the molecule is CCOc1cc(/C=N/NC(=O)Cc2ccc(F)cc2)cc(Br)c1OCc1ccc2ccccc2c1. The Morgan fingerprint density at radius 1 is 0.971 bits per heavy atom. The van der Waals surface area contributed by atoms with E-state index in [1.165, 1.54) is 23.7 Å². The number of hydrogen-bond donors (Lipinski definition) is 1. The van der Waals surface area contributed by atoms with Crippen LogP contribution < -0.4 is 14.9 Å². The second-order valence-corrected chi connectivity index (χ2v) is 8.68. The molecule has 5 nitrogen and oxygen atoms in total. The maximum atomic E-state index is 13.0. The predicted octanol–water partition coefficient (Wildman–Crippen LogP) is 6.41. The van der Waals surface area contributed by atoms with Gasteiger partial charge in [-0.25, -0.2) is 9.82 Å². The number of amides is 1. The Morgan fingerprint density at radius 3 is 2.49 bits per heavy atom. The van der Waals surface area contributed by atoms with Crippen LogP contribution in [0.25, 0.3) is 10.8 Å². The van der Waals surface area contributed by atoms with Crippen LogP contribution in [0.15, 0.2) is 88.4 Å². The van der Waals surface area contributed by atoms with E-state index in [2.05, 4.69) is 50.7 Å². The fourth-order valence-corrected chi connectivity index (χ4v) is 4.13. The van der Waals surface area contributed by atoms with Crippen molar-refractivity contribution in [2.45, 2.75) is 20.0 Å². The maximum absolute atomic E-state index is 13.0. The molecule has 4 aromatic carbocycles. The van der Waals surface area contributed by atoms with Crippen LogP contribution in [-0.4, -0.2) is 18.7 Å². The first-order valence-corrected chi connectivity index (χ1v) is 11.9. The van der Waals surface area contributed by atoms with Crippen molar-refractivity contribution in [2.75, 3.05) is 6.61 Å². The van der Waals surface area contributed by atoms with Gasteiger partial charge >= 0.3 is 0 Å². The summed E-state index contributed by atoms with van der Waals surface area (Å²) in [5.41, 5.74) is 4.96. The number of nitrogens with zero attached hydrogens (tertiary/aromatic N) is 1. The number of hydrogen-bond acceptors (Lipinski definition) is 4. The summed E-state index contributed by atoms with van der Waals surface area (Å²) in [6.07, 6.45) is 1.63. The number of rotatable bonds is 9. The van der Waals surface area contributed by atoms with Crippen LogP contribution in [0.3, 0.4) is 0 Å². The van der Waals surface area contributed by atoms with Gasteiger partial charge in [0.15, 0.2) is 11.5 Å². The predicted molar refractivity (Wildman–Crippen MR) is 139 cm³/mol. The van der Waals surface area contributed by atoms with Gasteiger partial charge in [-0.15, -0.1) is 0 Å². The van der Waals surface area contributed by atoms with Crippen molar-refractivity contribution in [3.8, 4) is 11.5 Å². The lowest BCUT2D eigenvalue weighted by Crippen LogP contribution is -2.19. The first kappa shape index (κ1) is 24.4. The van der Waals surface area contributed by atoms with Gasteiger partial charge in [-0.05, 0) is 80.6 Å². The van der Waals surface area contributed by atoms with Crippen molar-refractivity contribution < 1.29 is 18.7 Å². The third-order valence-corrected chi connectivity index (χ3v) is 5.80. The van der Waals surface area contributed by atoms with E-state index in [0.29, 0.717) is 34.7 Å². The zero-order chi connectivity index (χ0) is 24.6. The molecule has 1 N–H and O–H groups in total. The van der Waals surface area contributed by atoms with Crippen LogP contribution in [0.1, 0.15) is 23.6 Å². The Labute approximate surface area is 211 Å². The summed E-state index contributed by atoms with van der Waals surface area (Å²) in [5, 5.41) is 6.37. The molecule has 178 valence electrons. The molecule has 4 rings (SSSR count). The Kier molecular flexibility index (Phi) is 8.11. The number of carbonyl (C=O) groups excluding carboxylic acids is 1. The molecule has 7 heteroatoms. The van der Waals surface area contributed by atoms with Gasteiger partial charge in [0.2, 0.25) is 5.91 Å². The largest absolute Gasteiger partial charge is 0.490 e. The Bertz CT molecular complexity index is 1360. The number of halogens is 2. The lowest BCUT2D eigenvalue weighted by Gasteiger charge is -2.15. The lowest BCUT2D eigenvalue weighted by atomic mass is 10.1. The minimum Gasteiger partial charge on any atom is -0.490 e. The summed E-state index contributed by atoms with van der Waals surface area (Å²) >= 11 is 3.57. The zero-order valence-electron chi connectivity index (χ0n) is 19.1. The molecule has 1 amide bonds. The number of hydrazone groups is 1. The van der Waals surface area contributed by atoms with Crippen molar-refractivity contribution in [3.63, 3.8) is 0 Å². The number of ether oxygens (including phenoxy) is 2. The smallest absolute Gasteiger partial charge is 0.244 e. The second-order valence-electron chi connectivity index (χ2n) is 7.83. The molecule has 4 aromatic rings. The molecule has 35 heavy (non-hydrogen) atoms. The van der Waals surface area contributed by atoms with Gasteiger partial charge in [0.05, 0.1) is 23.7 Å². The topological polar surface area (TPSA) is 59.9 Å². The van der Waals surface area contributed by atoms with Crippen molar-refractivity contribution in [1.29, 1.82) is 0 Å². The Balaban J connectivity index is 1.42. The molecule has 0 heterocycles. The molecule has 0 bridgehead atoms. The van der Waals surface area contributed by atoms with Gasteiger partial charge in [-0.2, -0.15) is 5.10 Å². The standard InChI is InChI=1S/C28H24BrFN2O3/c1-2-34-26-15-21(17-31-32-27(33)16-19-8-11-24(30)12-9-19)14-25(29)28(26)35-18-20-7-10-22-5-3-4-6-23(22)13-20/h3-15,17H,2,16,18H2,1H3,(H,32,33)/b31-17+. The number of fused-ring (bicyclic) bond motifs is 1. The van der Waals surface area contributed by atoms with Crippen LogP contribution in [0, 0.1) is 5.82 Å². The highest BCUT2D eigenvalue weighted by Gasteiger charge is 2.13. The Morgan fingerprint density at radius 2 is 1.71 bits per heavy atom. The highest BCUT2D eigenvalue weighted by molar-refractivity contribution is 9.10. The van der Waals surface area contributed by atoms with Crippen LogP contribution in [0.5, 0.6) is 11.5 Å². The van der Waals surface area contributed by atoms with E-state index in [-0.39, 0.29) is 18.1 Å². The van der Waals surface area contributed by atoms with Gasteiger partial charge < -0.3 is 9.47 Å². The number of benzene rings is 4. The van der Waals surface area contributed by atoms with Gasteiger partial charge in [-0.3, -0.25) is 4.79 Å². The monoisotopic (exact) mass is 534 g/mol. The minimum absolute atomic E-state index is 0.104. The number of carbonyl (C=O) groups is 1. The summed E-state index contributed by atoms with van der Waals surface area (Å²) < 4.78 is 25.6. The lowest BCUT2D eigenvalue weighted by molar-refractivity contribution is -0.120. The van der Waals surface area contributed by atoms with E-state index in [9.17, 15) is 9.18 Å². The molecule has 0 spiro atoms. The molecule has 0 saturated carbocycles. The number of nitrogens with one attached hydrogen (secondary N) is 1. The molecule has 0 aliphatic carbocycles. The summed E-state index contributed by atoms with van der Waals surface area (Å²) in [6.45, 7) is 2.75. The molecular formula is C28H24BrFN2O3. The van der Waals surface area contributed by atoms with E-state index < -0.39 is 0 Å². The van der Waals surface area contributed by atoms with Gasteiger partial charge in [0.25, 0.3) is 0 Å². The second kappa shape index (κ2) is 11.6. The quantitative estimate of drug-likeness (QED) is 0.199. The van der Waals surface area contributed by atoms with Gasteiger partial charge in [0, 0.05) is 0 Å². The van der Waals surface area contributed by atoms with Gasteiger partial charge in [0.1, 0.15) is 12.4 Å². The van der Waals surface area contributed by atoms with Crippen molar-refractivity contribution in [3.05, 3.63) is 106 Å². The van der Waals surface area contributed by atoms with Crippen LogP contribution >= 0.6 is 15.9 Å². The fraction of sp³-hybridized carbons (Fsp3) is 0.143. The fourth-order valence-electron chi connectivity index (χ4n) is 3.56. The summed E-state index contributed by atoms with van der Waals surface area (Å²) in [6, 6.07) is 23.9. The molecule has 0 aliphatic rings. The Hall–Kier alpha value is -3.71. The summed E-state index contributed by atoms with van der Waals surface area (Å²) in [4.78, 5) is 12.1. The van der Waals surface area contributed by atoms with E-state index in [1.54, 1.807) is 18.2 Å². The average Bonchev–Trinajstić information content (AvgIpc) is 2.85. The first-order chi connectivity index (χ1) is 17.0. The molecule has 0 aromatic heterocycles. The zero-order valence-corrected chi connectivity index (χ0v) is 20.7. The van der Waals surface area contributed by atoms with E-state index in [1.807, 2.05) is 31.2 Å². The van der Waals surface area contributed by atoms with Crippen molar-refractivity contribution in [1.82, 2.24) is 5.43 Å². The summed E-state index contributed by atoms with van der Waals surface area (Å²) in [7, 11) is 0. The van der Waals surface area contributed by atoms with E-state index in [0.717, 1.165) is 16.5 Å². The molecular weight excluding hydrogens is 511 g/mol. The normalized spacial score (nSPS) is 11.1. The molecule has 0 aliphatic heterocycles. The third kappa shape index (κ3) is 6.67. The molecule has 0 fully saturated rings. The molecule has 0 atom stereocenters. The van der Waals surface area contributed by atoms with Crippen LogP contribution in [0.4, 0.5) is 4.39 Å². The summed E-state index contributed by atoms with van der Waals surface area (Å²) in [5.74, 6) is 0.527. The molecule has 0 saturated heterocycles. The molecule has 0 unspecified atom stereocenters. The minimum atomic E-state index is -0.340. The average molecular weight is 535 g/mol.